The molecule has 410 valence electrons. The van der Waals surface area contributed by atoms with Crippen LogP contribution in [0.1, 0.15) is 56.3 Å². The van der Waals surface area contributed by atoms with E-state index in [0.717, 1.165) is 44.5 Å². The van der Waals surface area contributed by atoms with Crippen molar-refractivity contribution in [3.63, 3.8) is 0 Å². The number of anilines is 1. The zero-order valence-electron chi connectivity index (χ0n) is 44.5. The summed E-state index contributed by atoms with van der Waals surface area (Å²) in [5, 5.41) is 13.3. The average Bonchev–Trinajstić information content (AvgIpc) is 4.15. The number of ether oxygens (including phenoxy) is 2. The number of cyclic esters (lactones) is 1. The van der Waals surface area contributed by atoms with E-state index in [2.05, 4.69) is 47.0 Å². The Morgan fingerprint density at radius 1 is 0.651 bits per heavy atom. The number of esters is 2. The van der Waals surface area contributed by atoms with E-state index in [-0.39, 0.29) is 29.5 Å². The van der Waals surface area contributed by atoms with Crippen LogP contribution in [0.25, 0.3) is 0 Å². The van der Waals surface area contributed by atoms with E-state index in [0.29, 0.717) is 21.4 Å². The van der Waals surface area contributed by atoms with Gasteiger partial charge in [0.05, 0.1) is 0 Å². The van der Waals surface area contributed by atoms with Crippen molar-refractivity contribution in [2.75, 3.05) is 23.4 Å². The van der Waals surface area contributed by atoms with Gasteiger partial charge in [0.2, 0.25) is 5.60 Å². The molecule has 83 heavy (non-hydrogen) atoms. The number of carbonyl (C=O) groups is 4. The van der Waals surface area contributed by atoms with E-state index in [9.17, 15) is 14.4 Å². The van der Waals surface area contributed by atoms with Gasteiger partial charge in [-0.2, -0.15) is 0 Å². The number of oxime groups is 1. The van der Waals surface area contributed by atoms with E-state index in [1.54, 1.807) is 5.38 Å². The largest absolute Gasteiger partial charge is 0.457 e. The smallest absolute Gasteiger partial charge is 0.356 e. The molecule has 0 radical (unpaired) electrons. The number of thioether (sulfide) groups is 2. The molecule has 1 aromatic heterocycles. The highest BCUT2D eigenvalue weighted by Crippen LogP contribution is 2.45. The Bertz CT molecular complexity index is 3620. The summed E-state index contributed by atoms with van der Waals surface area (Å²) in [5.41, 5.74) is 4.94. The Kier molecular flexibility index (Phi) is 16.0. The van der Waals surface area contributed by atoms with Crippen LogP contribution in [-0.4, -0.2) is 68.9 Å². The van der Waals surface area contributed by atoms with Gasteiger partial charge in [-0.3, -0.25) is 14.5 Å². The standard InChI is InChI=1S/C68H53N5O7S3/c74-57-41-55(42-78-57)81-43-48-44-82-64-59(63(76)73(64)60(48)65(77)79-61(46-25-9-1-10-26-46)47-27-11-2-12-28-47)70-62(75)58(72-80-68(52-35-19-6-20-36-52,53-37-21-7-22-38-53)54-39-23-8-24-40-54)56-45-83-66(69-56)71-67(49-29-13-3-14-30-49,50-31-15-4-16-32-50)51-33-17-5-18-34-51/h1-41,45,59,61,64H,42-44H2,(H,69,71)(H,70,75)/b72-58-/t59-,64-/m1/s1. The Labute approximate surface area is 492 Å². The van der Waals surface area contributed by atoms with E-state index in [4.69, 9.17) is 24.5 Å². The lowest BCUT2D eigenvalue weighted by atomic mass is 9.77. The third-order valence-electron chi connectivity index (χ3n) is 14.7. The number of aromatic nitrogens is 1. The van der Waals surface area contributed by atoms with E-state index in [1.165, 1.54) is 45.8 Å². The van der Waals surface area contributed by atoms with Crippen LogP contribution in [0.4, 0.5) is 5.13 Å². The highest BCUT2D eigenvalue weighted by atomic mass is 32.2. The first kappa shape index (κ1) is 54.3. The number of nitrogens with one attached hydrogen (secondary N) is 2. The SMILES string of the molecule is O=C1C=C(SCC2=C(C(=O)OC(c3ccccc3)c3ccccc3)N3C(=O)[C@@H](NC(=O)/C(=N\OC(c4ccccc4)(c4ccccc4)c4ccccc4)c4csc(NC(c5ccccc5)(c5ccccc5)c5ccccc5)n4)[C@H]3SC2)CO1. The van der Waals surface area contributed by atoms with Crippen molar-refractivity contribution in [2.24, 2.45) is 5.16 Å². The number of fused-ring (bicyclic) bond motifs is 1. The van der Waals surface area contributed by atoms with E-state index in [1.807, 2.05) is 206 Å². The molecule has 8 aromatic carbocycles. The van der Waals surface area contributed by atoms with Gasteiger partial charge in [-0.1, -0.05) is 248 Å². The number of hydrogen-bond donors (Lipinski definition) is 2. The molecular formula is C68H53N5O7S3. The molecule has 15 heteroatoms. The molecular weight excluding hydrogens is 1090 g/mol. The number of amides is 2. The molecule has 12 nitrogen and oxygen atoms in total. The molecule has 0 aliphatic carbocycles. The quantitative estimate of drug-likeness (QED) is 0.0247. The third kappa shape index (κ3) is 11.0. The Morgan fingerprint density at radius 3 is 1.57 bits per heavy atom. The van der Waals surface area contributed by atoms with Gasteiger partial charge in [0.15, 0.2) is 16.9 Å². The number of rotatable bonds is 20. The minimum Gasteiger partial charge on any atom is -0.457 e. The Hall–Kier alpha value is -9.28. The molecule has 4 heterocycles. The number of β-lactam (4-membered cyclic amide) rings is 1. The zero-order valence-corrected chi connectivity index (χ0v) is 47.0. The van der Waals surface area contributed by atoms with Crippen LogP contribution >= 0.6 is 34.9 Å². The van der Waals surface area contributed by atoms with Crippen molar-refractivity contribution in [3.05, 3.63) is 320 Å². The molecule has 0 unspecified atom stereocenters. The van der Waals surface area contributed by atoms with Crippen molar-refractivity contribution in [1.82, 2.24) is 15.2 Å². The van der Waals surface area contributed by atoms with Crippen LogP contribution in [0, 0.1) is 0 Å². The van der Waals surface area contributed by atoms with Crippen LogP contribution in [0.15, 0.2) is 275 Å². The lowest BCUT2D eigenvalue weighted by molar-refractivity contribution is -0.154. The molecule has 1 fully saturated rings. The van der Waals surface area contributed by atoms with Crippen molar-refractivity contribution in [2.45, 2.75) is 28.7 Å². The van der Waals surface area contributed by atoms with Crippen LogP contribution in [-0.2, 0) is 44.6 Å². The topological polar surface area (TPSA) is 149 Å². The van der Waals surface area contributed by atoms with Crippen LogP contribution < -0.4 is 10.6 Å². The summed E-state index contributed by atoms with van der Waals surface area (Å²) < 4.78 is 11.6. The van der Waals surface area contributed by atoms with Crippen LogP contribution in [0.5, 0.6) is 0 Å². The first-order valence-electron chi connectivity index (χ1n) is 26.9. The molecule has 1 saturated heterocycles. The summed E-state index contributed by atoms with van der Waals surface area (Å²) in [5.74, 6) is -1.81. The molecule has 2 atom stereocenters. The highest BCUT2D eigenvalue weighted by molar-refractivity contribution is 8.03. The number of thiazole rings is 1. The lowest BCUT2D eigenvalue weighted by Gasteiger charge is -2.49. The summed E-state index contributed by atoms with van der Waals surface area (Å²) >= 11 is 4.07. The van der Waals surface area contributed by atoms with Crippen LogP contribution in [0.3, 0.4) is 0 Å². The summed E-state index contributed by atoms with van der Waals surface area (Å²) in [7, 11) is 0. The second-order valence-corrected chi connectivity index (χ2v) is 22.8. The maximum Gasteiger partial charge on any atom is 0.356 e. The van der Waals surface area contributed by atoms with Gasteiger partial charge in [0.1, 0.15) is 35.0 Å². The normalized spacial score (nSPS) is 16.1. The van der Waals surface area contributed by atoms with Gasteiger partial charge < -0.3 is 24.9 Å². The minimum atomic E-state index is -1.39. The van der Waals surface area contributed by atoms with Gasteiger partial charge in [0, 0.05) is 44.6 Å². The molecule has 2 amide bonds. The molecule has 3 aliphatic rings. The predicted molar refractivity (Wildman–Crippen MR) is 326 cm³/mol. The molecule has 12 rings (SSSR count). The minimum absolute atomic E-state index is 0.0870. The van der Waals surface area contributed by atoms with Crippen molar-refractivity contribution < 1.29 is 33.5 Å². The average molecular weight is 1150 g/mol. The number of hydrogen-bond acceptors (Lipinski definition) is 13. The fraction of sp³-hybridized carbons (Fsp3) is 0.118. The third-order valence-corrected chi connectivity index (χ3v) is 17.9. The number of nitrogens with zero attached hydrogens (tertiary/aromatic N) is 3. The second kappa shape index (κ2) is 24.4. The summed E-state index contributed by atoms with van der Waals surface area (Å²) in [6.45, 7) is 0.119. The molecule has 0 saturated carbocycles. The molecule has 0 bridgehead atoms. The van der Waals surface area contributed by atoms with Crippen molar-refractivity contribution in [3.8, 4) is 0 Å². The van der Waals surface area contributed by atoms with Gasteiger partial charge >= 0.3 is 11.9 Å². The number of benzene rings is 8. The summed E-state index contributed by atoms with van der Waals surface area (Å²) in [4.78, 5) is 71.9. The Morgan fingerprint density at radius 2 is 1.11 bits per heavy atom. The lowest BCUT2D eigenvalue weighted by Crippen LogP contribution is -2.71. The van der Waals surface area contributed by atoms with Gasteiger partial charge in [-0.05, 0) is 33.4 Å². The maximum absolute atomic E-state index is 15.6. The summed E-state index contributed by atoms with van der Waals surface area (Å²) in [6, 6.07) is 77.2. The zero-order chi connectivity index (χ0) is 56.6. The maximum atomic E-state index is 15.6. The van der Waals surface area contributed by atoms with Crippen molar-refractivity contribution >= 4 is 69.5 Å². The monoisotopic (exact) mass is 1150 g/mol. The van der Waals surface area contributed by atoms with E-state index < -0.39 is 52.4 Å². The van der Waals surface area contributed by atoms with Crippen molar-refractivity contribution in [1.29, 1.82) is 0 Å². The van der Waals surface area contributed by atoms with E-state index >= 15 is 4.79 Å². The first-order valence-corrected chi connectivity index (χ1v) is 29.8. The Balaban J connectivity index is 0.931. The predicted octanol–water partition coefficient (Wildman–Crippen LogP) is 12.4. The van der Waals surface area contributed by atoms with Gasteiger partial charge in [0.25, 0.3) is 11.8 Å². The fourth-order valence-corrected chi connectivity index (χ4v) is 13.9. The number of carbonyl (C=O) groups excluding carboxylic acids is 4. The van der Waals surface area contributed by atoms with Crippen LogP contribution in [0.2, 0.25) is 0 Å². The second-order valence-electron chi connectivity index (χ2n) is 19.7. The highest BCUT2D eigenvalue weighted by Gasteiger charge is 2.55. The molecule has 9 aromatic rings. The van der Waals surface area contributed by atoms with Gasteiger partial charge in [-0.15, -0.1) is 34.9 Å². The molecule has 3 aliphatic heterocycles. The first-order chi connectivity index (χ1) is 40.8. The fourth-order valence-electron chi connectivity index (χ4n) is 10.7. The summed E-state index contributed by atoms with van der Waals surface area (Å²) in [6.07, 6.45) is 0.627. The van der Waals surface area contributed by atoms with Gasteiger partial charge in [-0.25, -0.2) is 14.6 Å². The molecule has 2 N–H and O–H groups in total. The molecule has 0 spiro atoms.